The van der Waals surface area contributed by atoms with E-state index in [1.807, 2.05) is 6.92 Å². The quantitative estimate of drug-likeness (QED) is 0.553. The van der Waals surface area contributed by atoms with E-state index in [0.717, 1.165) is 18.2 Å². The molecule has 0 radical (unpaired) electrons. The zero-order valence-corrected chi connectivity index (χ0v) is 17.0. The van der Waals surface area contributed by atoms with E-state index < -0.39 is 17.6 Å². The third kappa shape index (κ3) is 6.28. The molecule has 0 saturated heterocycles. The summed E-state index contributed by atoms with van der Waals surface area (Å²) in [6.07, 6.45) is -4.56. The molecule has 0 unspecified atom stereocenters. The Bertz CT molecular complexity index is 855. The molecule has 0 aliphatic rings. The number of hydrogen-bond acceptors (Lipinski definition) is 5. The van der Waals surface area contributed by atoms with E-state index in [1.165, 1.54) is 19.2 Å². The maximum Gasteiger partial charge on any atom is 0.416 e. The second-order valence-electron chi connectivity index (χ2n) is 6.03. The van der Waals surface area contributed by atoms with Gasteiger partial charge in [0.1, 0.15) is 12.4 Å². The van der Waals surface area contributed by atoms with E-state index in [0.29, 0.717) is 24.7 Å². The molecule has 2 rings (SSSR count). The highest BCUT2D eigenvalue weighted by Crippen LogP contribution is 2.35. The number of amides is 1. The summed E-state index contributed by atoms with van der Waals surface area (Å²) in [6, 6.07) is 7.44. The van der Waals surface area contributed by atoms with Crippen LogP contribution in [0.1, 0.15) is 29.8 Å². The molecular weight excluding hydrogens is 403 g/mol. The van der Waals surface area contributed by atoms with Gasteiger partial charge in [-0.15, -0.1) is 0 Å². The number of methoxy groups -OCH3 is 1. The Hall–Kier alpha value is -2.94. The van der Waals surface area contributed by atoms with Gasteiger partial charge in [-0.25, -0.2) is 0 Å². The minimum Gasteiger partial charge on any atom is -0.490 e. The zero-order valence-electron chi connectivity index (χ0n) is 17.0. The summed E-state index contributed by atoms with van der Waals surface area (Å²) < 4.78 is 60.6. The second kappa shape index (κ2) is 10.7. The van der Waals surface area contributed by atoms with Gasteiger partial charge < -0.3 is 24.3 Å². The van der Waals surface area contributed by atoms with Crippen LogP contribution in [-0.4, -0.2) is 39.4 Å². The summed E-state index contributed by atoms with van der Waals surface area (Å²) >= 11 is 0. The maximum atomic E-state index is 13.1. The van der Waals surface area contributed by atoms with Crippen molar-refractivity contribution in [3.8, 4) is 17.2 Å². The number of rotatable bonds is 10. The van der Waals surface area contributed by atoms with Gasteiger partial charge in [0.25, 0.3) is 5.91 Å². The molecule has 0 aliphatic carbocycles. The summed E-state index contributed by atoms with van der Waals surface area (Å²) in [5.74, 6) is 0.324. The summed E-state index contributed by atoms with van der Waals surface area (Å²) in [7, 11) is 1.47. The van der Waals surface area contributed by atoms with Gasteiger partial charge in [-0.05, 0) is 50.2 Å². The second-order valence-corrected chi connectivity index (χ2v) is 6.03. The van der Waals surface area contributed by atoms with Gasteiger partial charge >= 0.3 is 6.18 Å². The van der Waals surface area contributed by atoms with Crippen molar-refractivity contribution in [1.29, 1.82) is 0 Å². The number of halogens is 3. The van der Waals surface area contributed by atoms with Crippen LogP contribution in [-0.2, 0) is 10.9 Å². The van der Waals surface area contributed by atoms with Gasteiger partial charge in [0, 0.05) is 12.7 Å². The lowest BCUT2D eigenvalue weighted by Gasteiger charge is -2.16. The molecule has 2 aromatic rings. The van der Waals surface area contributed by atoms with Crippen molar-refractivity contribution in [3.63, 3.8) is 0 Å². The molecule has 30 heavy (non-hydrogen) atoms. The number of ether oxygens (including phenoxy) is 4. The lowest BCUT2D eigenvalue weighted by molar-refractivity contribution is -0.137. The molecule has 0 spiro atoms. The Morgan fingerprint density at radius 1 is 0.900 bits per heavy atom. The molecule has 0 heterocycles. The standard InChI is InChI=1S/C21H24F3NO5/c1-4-28-18-8-6-14(12-19(18)29-5-2)20(26)25-16-13-15(21(22,23)24)7-9-17(16)30-11-10-27-3/h6-9,12-13H,4-5,10-11H2,1-3H3,(H,25,26). The van der Waals surface area contributed by atoms with Crippen molar-refractivity contribution in [3.05, 3.63) is 47.5 Å². The number of nitrogens with one attached hydrogen (secondary N) is 1. The van der Waals surface area contributed by atoms with Gasteiger partial charge in [-0.3, -0.25) is 4.79 Å². The molecule has 2 aromatic carbocycles. The first kappa shape index (κ1) is 23.3. The van der Waals surface area contributed by atoms with Gasteiger partial charge in [-0.2, -0.15) is 13.2 Å². The Morgan fingerprint density at radius 3 is 2.20 bits per heavy atom. The Labute approximate surface area is 172 Å². The molecule has 1 amide bonds. The van der Waals surface area contributed by atoms with Gasteiger partial charge in [0.05, 0.1) is 31.1 Å². The number of carbonyl (C=O) groups excluding carboxylic acids is 1. The molecule has 1 N–H and O–H groups in total. The Morgan fingerprint density at radius 2 is 1.57 bits per heavy atom. The molecule has 0 fully saturated rings. The van der Waals surface area contributed by atoms with Crippen LogP contribution in [0.2, 0.25) is 0 Å². The predicted molar refractivity (Wildman–Crippen MR) is 106 cm³/mol. The van der Waals surface area contributed by atoms with Gasteiger partial charge in [0.2, 0.25) is 0 Å². The molecule has 0 atom stereocenters. The average Bonchev–Trinajstić information content (AvgIpc) is 2.70. The molecule has 0 bridgehead atoms. The first-order chi connectivity index (χ1) is 14.3. The van der Waals surface area contributed by atoms with Crippen molar-refractivity contribution in [1.82, 2.24) is 0 Å². The van der Waals surface area contributed by atoms with Crippen LogP contribution in [0.15, 0.2) is 36.4 Å². The Kier molecular flexibility index (Phi) is 8.35. The number of carbonyl (C=O) groups is 1. The normalized spacial score (nSPS) is 11.1. The highest BCUT2D eigenvalue weighted by Gasteiger charge is 2.31. The lowest BCUT2D eigenvalue weighted by atomic mass is 10.1. The topological polar surface area (TPSA) is 66.0 Å². The van der Waals surface area contributed by atoms with E-state index in [1.54, 1.807) is 13.0 Å². The predicted octanol–water partition coefficient (Wildman–Crippen LogP) is 4.78. The average molecular weight is 427 g/mol. The molecule has 6 nitrogen and oxygen atoms in total. The van der Waals surface area contributed by atoms with Crippen LogP contribution in [0.4, 0.5) is 18.9 Å². The maximum absolute atomic E-state index is 13.1. The molecule has 164 valence electrons. The zero-order chi connectivity index (χ0) is 22.1. The van der Waals surface area contributed by atoms with E-state index in [4.69, 9.17) is 18.9 Å². The molecule has 0 aliphatic heterocycles. The fourth-order valence-electron chi connectivity index (χ4n) is 2.55. The molecule has 0 aromatic heterocycles. The number of hydrogen-bond donors (Lipinski definition) is 1. The van der Waals surface area contributed by atoms with Crippen LogP contribution < -0.4 is 19.5 Å². The Balaban J connectivity index is 2.32. The van der Waals surface area contributed by atoms with E-state index in [2.05, 4.69) is 5.32 Å². The summed E-state index contributed by atoms with van der Waals surface area (Å²) in [5.41, 5.74) is -0.807. The van der Waals surface area contributed by atoms with Crippen molar-refractivity contribution >= 4 is 11.6 Å². The summed E-state index contributed by atoms with van der Waals surface area (Å²) in [6.45, 7) is 4.73. The van der Waals surface area contributed by atoms with Crippen molar-refractivity contribution in [2.75, 3.05) is 38.9 Å². The largest absolute Gasteiger partial charge is 0.490 e. The van der Waals surface area contributed by atoms with Crippen molar-refractivity contribution in [2.45, 2.75) is 20.0 Å². The van der Waals surface area contributed by atoms with Crippen LogP contribution in [0.5, 0.6) is 17.2 Å². The van der Waals surface area contributed by atoms with Crippen LogP contribution in [0, 0.1) is 0 Å². The highest BCUT2D eigenvalue weighted by atomic mass is 19.4. The van der Waals surface area contributed by atoms with Crippen molar-refractivity contribution < 1.29 is 36.9 Å². The minimum atomic E-state index is -4.56. The fraction of sp³-hybridized carbons (Fsp3) is 0.381. The van der Waals surface area contributed by atoms with Crippen LogP contribution >= 0.6 is 0 Å². The monoisotopic (exact) mass is 427 g/mol. The van der Waals surface area contributed by atoms with E-state index in [9.17, 15) is 18.0 Å². The number of benzene rings is 2. The van der Waals surface area contributed by atoms with Crippen LogP contribution in [0.3, 0.4) is 0 Å². The number of alkyl halides is 3. The first-order valence-electron chi connectivity index (χ1n) is 9.34. The SMILES string of the molecule is CCOc1ccc(C(=O)Nc2cc(C(F)(F)F)ccc2OCCOC)cc1OCC. The smallest absolute Gasteiger partial charge is 0.416 e. The van der Waals surface area contributed by atoms with E-state index in [-0.39, 0.29) is 30.2 Å². The molecular formula is C21H24F3NO5. The molecule has 9 heteroatoms. The molecule has 0 saturated carbocycles. The number of anilines is 1. The first-order valence-corrected chi connectivity index (χ1v) is 9.34. The van der Waals surface area contributed by atoms with Gasteiger partial charge in [0.15, 0.2) is 11.5 Å². The van der Waals surface area contributed by atoms with Gasteiger partial charge in [-0.1, -0.05) is 0 Å². The third-order valence-corrected chi connectivity index (χ3v) is 3.91. The summed E-state index contributed by atoms with van der Waals surface area (Å²) in [4.78, 5) is 12.7. The third-order valence-electron chi connectivity index (χ3n) is 3.91. The summed E-state index contributed by atoms with van der Waals surface area (Å²) in [5, 5.41) is 2.49. The highest BCUT2D eigenvalue weighted by molar-refractivity contribution is 6.05. The minimum absolute atomic E-state index is 0.0993. The lowest BCUT2D eigenvalue weighted by Crippen LogP contribution is -2.15. The van der Waals surface area contributed by atoms with Crippen LogP contribution in [0.25, 0.3) is 0 Å². The van der Waals surface area contributed by atoms with Crippen molar-refractivity contribution in [2.24, 2.45) is 0 Å². The van der Waals surface area contributed by atoms with E-state index >= 15 is 0 Å². The fourth-order valence-corrected chi connectivity index (χ4v) is 2.55.